The molecule has 0 aliphatic carbocycles. The molecule has 3 N–H and O–H groups in total. The standard InChI is InChI=1S/C13H15N3O/c14-13(17)10-3-5-12(6-4-10)16-11-2-1-8-15-9-7-11/h3-7,9,16H,1-2,8H2,(H2,14,17). The zero-order valence-electron chi connectivity index (χ0n) is 9.52. The van der Waals surface area contributed by atoms with Gasteiger partial charge in [0.05, 0.1) is 0 Å². The van der Waals surface area contributed by atoms with Crippen LogP contribution in [0.15, 0.2) is 41.0 Å². The molecule has 2 rings (SSSR count). The van der Waals surface area contributed by atoms with Crippen LogP contribution in [-0.2, 0) is 0 Å². The van der Waals surface area contributed by atoms with E-state index in [-0.39, 0.29) is 0 Å². The molecule has 0 saturated heterocycles. The lowest BCUT2D eigenvalue weighted by Gasteiger charge is -2.09. The molecular formula is C13H15N3O. The summed E-state index contributed by atoms with van der Waals surface area (Å²) in [5, 5.41) is 3.30. The molecule has 4 nitrogen and oxygen atoms in total. The maximum atomic E-state index is 10.9. The van der Waals surface area contributed by atoms with E-state index < -0.39 is 5.91 Å². The van der Waals surface area contributed by atoms with E-state index in [1.807, 2.05) is 24.4 Å². The topological polar surface area (TPSA) is 67.5 Å². The van der Waals surface area contributed by atoms with Crippen LogP contribution >= 0.6 is 0 Å². The van der Waals surface area contributed by atoms with Crippen molar-refractivity contribution >= 4 is 17.8 Å². The number of carbonyl (C=O) groups excluding carboxylic acids is 1. The van der Waals surface area contributed by atoms with Crippen LogP contribution in [0.4, 0.5) is 5.69 Å². The van der Waals surface area contributed by atoms with Crippen molar-refractivity contribution in [2.75, 3.05) is 11.9 Å². The maximum Gasteiger partial charge on any atom is 0.248 e. The van der Waals surface area contributed by atoms with Gasteiger partial charge in [-0.15, -0.1) is 0 Å². The third kappa shape index (κ3) is 3.17. The number of nitrogens with two attached hydrogens (primary N) is 1. The molecule has 0 aromatic heterocycles. The van der Waals surface area contributed by atoms with Crippen LogP contribution in [0, 0.1) is 0 Å². The molecule has 1 aromatic rings. The smallest absolute Gasteiger partial charge is 0.248 e. The summed E-state index contributed by atoms with van der Waals surface area (Å²) in [5.41, 5.74) is 7.79. The Hall–Kier alpha value is -2.10. The van der Waals surface area contributed by atoms with Gasteiger partial charge in [0.15, 0.2) is 0 Å². The van der Waals surface area contributed by atoms with Gasteiger partial charge in [0.2, 0.25) is 5.91 Å². The minimum Gasteiger partial charge on any atom is -0.366 e. The number of amides is 1. The van der Waals surface area contributed by atoms with Crippen LogP contribution in [0.2, 0.25) is 0 Å². The molecule has 0 bridgehead atoms. The third-order valence-corrected chi connectivity index (χ3v) is 2.59. The number of anilines is 1. The van der Waals surface area contributed by atoms with E-state index in [9.17, 15) is 4.79 Å². The lowest BCUT2D eigenvalue weighted by Crippen LogP contribution is -2.10. The van der Waals surface area contributed by atoms with E-state index >= 15 is 0 Å². The average molecular weight is 229 g/mol. The van der Waals surface area contributed by atoms with E-state index in [1.165, 1.54) is 0 Å². The first kappa shape index (κ1) is 11.4. The lowest BCUT2D eigenvalue weighted by atomic mass is 10.2. The summed E-state index contributed by atoms with van der Waals surface area (Å²) in [6.45, 7) is 0.877. The average Bonchev–Trinajstić information content (AvgIpc) is 2.58. The Balaban J connectivity index is 2.06. The molecule has 1 aliphatic rings. The van der Waals surface area contributed by atoms with Gasteiger partial charge in [-0.05, 0) is 43.2 Å². The Bertz CT molecular complexity index is 460. The zero-order chi connectivity index (χ0) is 12.1. The predicted molar refractivity (Wildman–Crippen MR) is 69.3 cm³/mol. The Morgan fingerprint density at radius 3 is 2.76 bits per heavy atom. The number of carbonyl (C=O) groups is 1. The fourth-order valence-electron chi connectivity index (χ4n) is 1.67. The molecule has 17 heavy (non-hydrogen) atoms. The first-order valence-corrected chi connectivity index (χ1v) is 5.61. The van der Waals surface area contributed by atoms with Gasteiger partial charge in [0.1, 0.15) is 0 Å². The van der Waals surface area contributed by atoms with Gasteiger partial charge in [0, 0.05) is 29.7 Å². The minimum atomic E-state index is -0.405. The Morgan fingerprint density at radius 1 is 1.29 bits per heavy atom. The van der Waals surface area contributed by atoms with Crippen LogP contribution in [-0.4, -0.2) is 18.7 Å². The Labute approximate surface area is 100 Å². The number of rotatable bonds is 3. The van der Waals surface area contributed by atoms with Crippen molar-refractivity contribution in [2.45, 2.75) is 12.8 Å². The van der Waals surface area contributed by atoms with Gasteiger partial charge in [-0.1, -0.05) is 0 Å². The van der Waals surface area contributed by atoms with Crippen molar-refractivity contribution in [3.63, 3.8) is 0 Å². The quantitative estimate of drug-likeness (QED) is 0.831. The number of hydrogen-bond donors (Lipinski definition) is 2. The van der Waals surface area contributed by atoms with Crippen molar-refractivity contribution in [3.05, 3.63) is 41.6 Å². The fraction of sp³-hybridized carbons (Fsp3) is 0.231. The van der Waals surface area contributed by atoms with E-state index in [0.717, 1.165) is 30.8 Å². The SMILES string of the molecule is NC(=O)c1ccc(NC2=CC=NCCC2)cc1. The highest BCUT2D eigenvalue weighted by Gasteiger charge is 2.02. The number of aliphatic imine (C=N–C) groups is 1. The second-order valence-electron chi connectivity index (χ2n) is 3.92. The maximum absolute atomic E-state index is 10.9. The molecule has 1 amide bonds. The zero-order valence-corrected chi connectivity index (χ0v) is 9.52. The van der Waals surface area contributed by atoms with Crippen molar-refractivity contribution in [1.29, 1.82) is 0 Å². The first-order valence-electron chi connectivity index (χ1n) is 5.61. The fourth-order valence-corrected chi connectivity index (χ4v) is 1.67. The van der Waals surface area contributed by atoms with Crippen LogP contribution in [0.1, 0.15) is 23.2 Å². The van der Waals surface area contributed by atoms with Crippen molar-refractivity contribution in [3.8, 4) is 0 Å². The number of nitrogens with zero attached hydrogens (tertiary/aromatic N) is 1. The highest BCUT2D eigenvalue weighted by Crippen LogP contribution is 2.15. The largest absolute Gasteiger partial charge is 0.366 e. The second kappa shape index (κ2) is 5.30. The van der Waals surface area contributed by atoms with Crippen molar-refractivity contribution < 1.29 is 4.79 Å². The Kier molecular flexibility index (Phi) is 3.55. The van der Waals surface area contributed by atoms with E-state index in [2.05, 4.69) is 10.3 Å². The number of primary amides is 1. The molecule has 1 aliphatic heterocycles. The Morgan fingerprint density at radius 2 is 2.06 bits per heavy atom. The van der Waals surface area contributed by atoms with E-state index in [4.69, 9.17) is 5.73 Å². The highest BCUT2D eigenvalue weighted by atomic mass is 16.1. The number of hydrogen-bond acceptors (Lipinski definition) is 3. The van der Waals surface area contributed by atoms with Crippen LogP contribution in [0.5, 0.6) is 0 Å². The van der Waals surface area contributed by atoms with Gasteiger partial charge >= 0.3 is 0 Å². The van der Waals surface area contributed by atoms with E-state index in [0.29, 0.717) is 5.56 Å². The molecule has 0 fully saturated rings. The van der Waals surface area contributed by atoms with Gasteiger partial charge in [-0.3, -0.25) is 9.79 Å². The summed E-state index contributed by atoms with van der Waals surface area (Å²) in [4.78, 5) is 15.1. The van der Waals surface area contributed by atoms with Gasteiger partial charge < -0.3 is 11.1 Å². The molecule has 88 valence electrons. The molecule has 0 saturated carbocycles. The number of benzene rings is 1. The molecule has 0 spiro atoms. The second-order valence-corrected chi connectivity index (χ2v) is 3.92. The van der Waals surface area contributed by atoms with Gasteiger partial charge in [-0.25, -0.2) is 0 Å². The minimum absolute atomic E-state index is 0.405. The predicted octanol–water partition coefficient (Wildman–Crippen LogP) is 1.95. The van der Waals surface area contributed by atoms with Crippen LogP contribution in [0.3, 0.4) is 0 Å². The van der Waals surface area contributed by atoms with E-state index in [1.54, 1.807) is 12.1 Å². The summed E-state index contributed by atoms with van der Waals surface area (Å²) in [7, 11) is 0. The molecule has 0 radical (unpaired) electrons. The molecule has 1 aromatic carbocycles. The summed E-state index contributed by atoms with van der Waals surface area (Å²) in [5.74, 6) is -0.405. The summed E-state index contributed by atoms with van der Waals surface area (Å²) >= 11 is 0. The summed E-state index contributed by atoms with van der Waals surface area (Å²) in [6.07, 6.45) is 5.84. The summed E-state index contributed by atoms with van der Waals surface area (Å²) < 4.78 is 0. The van der Waals surface area contributed by atoms with Gasteiger partial charge in [-0.2, -0.15) is 0 Å². The first-order chi connectivity index (χ1) is 8.25. The normalized spacial score (nSPS) is 14.9. The number of allylic oxidation sites excluding steroid dienone is 2. The molecular weight excluding hydrogens is 214 g/mol. The summed E-state index contributed by atoms with van der Waals surface area (Å²) in [6, 6.07) is 7.14. The molecule has 4 heteroatoms. The highest BCUT2D eigenvalue weighted by molar-refractivity contribution is 5.93. The van der Waals surface area contributed by atoms with Crippen molar-refractivity contribution in [1.82, 2.24) is 0 Å². The number of nitrogens with one attached hydrogen (secondary N) is 1. The van der Waals surface area contributed by atoms with Gasteiger partial charge in [0.25, 0.3) is 0 Å². The lowest BCUT2D eigenvalue weighted by molar-refractivity contribution is 0.100. The van der Waals surface area contributed by atoms with Crippen molar-refractivity contribution in [2.24, 2.45) is 10.7 Å². The third-order valence-electron chi connectivity index (χ3n) is 2.59. The monoisotopic (exact) mass is 229 g/mol. The molecule has 0 atom stereocenters. The van der Waals surface area contributed by atoms with Crippen LogP contribution < -0.4 is 11.1 Å². The molecule has 1 heterocycles. The molecule has 0 unspecified atom stereocenters. The van der Waals surface area contributed by atoms with Crippen LogP contribution in [0.25, 0.3) is 0 Å².